The maximum atomic E-state index is 3.72. The van der Waals surface area contributed by atoms with Crippen LogP contribution in [0.3, 0.4) is 0 Å². The van der Waals surface area contributed by atoms with Crippen molar-refractivity contribution in [3.8, 4) is 0 Å². The molecule has 2 heterocycles. The first-order chi connectivity index (χ1) is 13.3. The molecule has 1 N–H and O–H groups in total. The third-order valence-electron chi connectivity index (χ3n) is 5.64. The van der Waals surface area contributed by atoms with Gasteiger partial charge in [-0.25, -0.2) is 0 Å². The second-order valence-corrected chi connectivity index (χ2v) is 9.54. The largest absolute Gasteiger partial charge is 0.340 e. The van der Waals surface area contributed by atoms with Gasteiger partial charge < -0.3 is 10.2 Å². The van der Waals surface area contributed by atoms with Crippen LogP contribution < -0.4 is 10.2 Å². The lowest BCUT2D eigenvalue weighted by atomic mass is 10.0. The van der Waals surface area contributed by atoms with E-state index in [0.717, 1.165) is 13.0 Å². The Balaban J connectivity index is 1.64. The molecular formula is C23H30N2S2. The predicted octanol–water partition coefficient (Wildman–Crippen LogP) is 6.50. The molecule has 0 amide bonds. The third-order valence-corrected chi connectivity index (χ3v) is 7.48. The highest BCUT2D eigenvalue weighted by Gasteiger charge is 2.25. The molecule has 144 valence electrons. The molecule has 0 aromatic heterocycles. The fourth-order valence-corrected chi connectivity index (χ4v) is 5.75. The number of hydrogen-bond acceptors (Lipinski definition) is 4. The molecule has 0 spiro atoms. The molecule has 4 rings (SSSR count). The number of benzene rings is 2. The number of aryl methyl sites for hydroxylation is 1. The van der Waals surface area contributed by atoms with Crippen LogP contribution in [0.4, 0.5) is 11.4 Å². The third kappa shape index (κ3) is 4.33. The highest BCUT2D eigenvalue weighted by Crippen LogP contribution is 2.49. The molecule has 0 radical (unpaired) electrons. The zero-order valence-electron chi connectivity index (χ0n) is 16.5. The lowest BCUT2D eigenvalue weighted by molar-refractivity contribution is 0.385. The van der Waals surface area contributed by atoms with Crippen LogP contribution in [0.1, 0.15) is 44.6 Å². The topological polar surface area (TPSA) is 15.3 Å². The van der Waals surface area contributed by atoms with Crippen LogP contribution in [0.2, 0.25) is 0 Å². The van der Waals surface area contributed by atoms with Gasteiger partial charge >= 0.3 is 0 Å². The van der Waals surface area contributed by atoms with Crippen molar-refractivity contribution < 1.29 is 0 Å². The smallest absolute Gasteiger partial charge is 0.0564 e. The number of hydrogen-bond donors (Lipinski definition) is 1. The number of nitrogens with zero attached hydrogens (tertiary/aromatic N) is 1. The lowest BCUT2D eigenvalue weighted by Crippen LogP contribution is -2.37. The SMILES string of the molecule is CCCc1ccc2c(c1)Sc1ccc(SC)cc1N2CCC1CCCCN1. The van der Waals surface area contributed by atoms with Crippen molar-refractivity contribution in [1.82, 2.24) is 5.32 Å². The average molecular weight is 399 g/mol. The average Bonchev–Trinajstić information content (AvgIpc) is 2.71. The lowest BCUT2D eigenvalue weighted by Gasteiger charge is -2.35. The van der Waals surface area contributed by atoms with Gasteiger partial charge in [0.05, 0.1) is 11.4 Å². The molecule has 0 aliphatic carbocycles. The van der Waals surface area contributed by atoms with Gasteiger partial charge in [-0.05, 0) is 74.4 Å². The number of anilines is 2. The second-order valence-electron chi connectivity index (χ2n) is 7.57. The van der Waals surface area contributed by atoms with Crippen LogP contribution >= 0.6 is 23.5 Å². The Kier molecular flexibility index (Phi) is 6.36. The van der Waals surface area contributed by atoms with Gasteiger partial charge in [0.25, 0.3) is 0 Å². The van der Waals surface area contributed by atoms with E-state index in [4.69, 9.17) is 0 Å². The van der Waals surface area contributed by atoms with E-state index >= 15 is 0 Å². The Morgan fingerprint density at radius 3 is 2.81 bits per heavy atom. The van der Waals surface area contributed by atoms with Crippen molar-refractivity contribution in [2.75, 3.05) is 24.2 Å². The minimum Gasteiger partial charge on any atom is -0.340 e. The van der Waals surface area contributed by atoms with E-state index in [0.29, 0.717) is 6.04 Å². The van der Waals surface area contributed by atoms with E-state index in [-0.39, 0.29) is 0 Å². The number of rotatable bonds is 6. The monoisotopic (exact) mass is 398 g/mol. The van der Waals surface area contributed by atoms with E-state index < -0.39 is 0 Å². The summed E-state index contributed by atoms with van der Waals surface area (Å²) >= 11 is 3.77. The fourth-order valence-electron chi connectivity index (χ4n) is 4.17. The maximum absolute atomic E-state index is 3.72. The quantitative estimate of drug-likeness (QED) is 0.559. The Morgan fingerprint density at radius 2 is 2.04 bits per heavy atom. The molecule has 27 heavy (non-hydrogen) atoms. The minimum absolute atomic E-state index is 0.670. The number of fused-ring (bicyclic) bond motifs is 2. The van der Waals surface area contributed by atoms with E-state index in [1.54, 1.807) is 0 Å². The molecule has 1 unspecified atom stereocenters. The highest BCUT2D eigenvalue weighted by molar-refractivity contribution is 8.00. The van der Waals surface area contributed by atoms with Gasteiger partial charge in [0.2, 0.25) is 0 Å². The summed E-state index contributed by atoms with van der Waals surface area (Å²) in [6.07, 6.45) is 9.77. The normalized spacial score (nSPS) is 18.9. The molecule has 2 nitrogen and oxygen atoms in total. The summed E-state index contributed by atoms with van der Waals surface area (Å²) in [6, 6.07) is 14.7. The fraction of sp³-hybridized carbons (Fsp3) is 0.478. The van der Waals surface area contributed by atoms with Crippen molar-refractivity contribution >= 4 is 34.9 Å². The molecule has 2 aliphatic heterocycles. The van der Waals surface area contributed by atoms with Crippen LogP contribution in [-0.4, -0.2) is 25.4 Å². The summed E-state index contributed by atoms with van der Waals surface area (Å²) in [4.78, 5) is 6.74. The Hall–Kier alpha value is -1.10. The molecule has 2 aliphatic rings. The first-order valence-corrected chi connectivity index (χ1v) is 12.3. The number of piperidine rings is 1. The standard InChI is InChI=1S/C23H30N2S2/c1-3-6-17-8-10-20-23(15-17)27-22-11-9-19(26-2)16-21(22)25(20)14-12-18-7-4-5-13-24-18/h8-11,15-16,18,24H,3-7,12-14H2,1-2H3. The summed E-state index contributed by atoms with van der Waals surface area (Å²) in [5.74, 6) is 0. The van der Waals surface area contributed by atoms with Gasteiger partial charge in [0.15, 0.2) is 0 Å². The van der Waals surface area contributed by atoms with Crippen LogP contribution in [-0.2, 0) is 6.42 Å². The van der Waals surface area contributed by atoms with Crippen LogP contribution in [0, 0.1) is 0 Å². The van der Waals surface area contributed by atoms with Crippen molar-refractivity contribution in [2.45, 2.75) is 66.2 Å². The Morgan fingerprint density at radius 1 is 1.11 bits per heavy atom. The number of thioether (sulfide) groups is 1. The molecule has 2 aromatic carbocycles. The van der Waals surface area contributed by atoms with Crippen LogP contribution in [0.5, 0.6) is 0 Å². The van der Waals surface area contributed by atoms with Crippen LogP contribution in [0.15, 0.2) is 51.1 Å². The van der Waals surface area contributed by atoms with Crippen molar-refractivity contribution in [3.63, 3.8) is 0 Å². The van der Waals surface area contributed by atoms with E-state index in [1.165, 1.54) is 70.3 Å². The van der Waals surface area contributed by atoms with E-state index in [1.807, 2.05) is 23.5 Å². The van der Waals surface area contributed by atoms with Gasteiger partial charge in [-0.1, -0.05) is 37.6 Å². The zero-order chi connectivity index (χ0) is 18.6. The summed E-state index contributed by atoms with van der Waals surface area (Å²) < 4.78 is 0. The molecule has 0 bridgehead atoms. The van der Waals surface area contributed by atoms with Gasteiger partial charge in [-0.2, -0.15) is 0 Å². The first kappa shape index (κ1) is 19.2. The van der Waals surface area contributed by atoms with Crippen LogP contribution in [0.25, 0.3) is 0 Å². The summed E-state index contributed by atoms with van der Waals surface area (Å²) in [5, 5.41) is 3.72. The van der Waals surface area contributed by atoms with Gasteiger partial charge in [-0.15, -0.1) is 11.8 Å². The molecule has 1 atom stereocenters. The van der Waals surface area contributed by atoms with E-state index in [2.05, 4.69) is 59.8 Å². The second kappa shape index (κ2) is 8.93. The molecule has 1 fully saturated rings. The highest BCUT2D eigenvalue weighted by atomic mass is 32.2. The van der Waals surface area contributed by atoms with Gasteiger partial charge in [-0.3, -0.25) is 0 Å². The van der Waals surface area contributed by atoms with Crippen molar-refractivity contribution in [3.05, 3.63) is 42.0 Å². The maximum Gasteiger partial charge on any atom is 0.0564 e. The number of nitrogens with one attached hydrogen (secondary N) is 1. The zero-order valence-corrected chi connectivity index (χ0v) is 18.1. The van der Waals surface area contributed by atoms with Crippen molar-refractivity contribution in [1.29, 1.82) is 0 Å². The molecule has 0 saturated carbocycles. The minimum atomic E-state index is 0.670. The first-order valence-electron chi connectivity index (χ1n) is 10.3. The summed E-state index contributed by atoms with van der Waals surface area (Å²) in [5.41, 5.74) is 4.24. The molecule has 1 saturated heterocycles. The molecule has 2 aromatic rings. The van der Waals surface area contributed by atoms with Crippen molar-refractivity contribution in [2.24, 2.45) is 0 Å². The predicted molar refractivity (Wildman–Crippen MR) is 120 cm³/mol. The molecule has 4 heteroatoms. The van der Waals surface area contributed by atoms with Gasteiger partial charge in [0.1, 0.15) is 0 Å². The summed E-state index contributed by atoms with van der Waals surface area (Å²) in [6.45, 7) is 4.53. The molecular weight excluding hydrogens is 368 g/mol. The van der Waals surface area contributed by atoms with E-state index in [9.17, 15) is 0 Å². The summed E-state index contributed by atoms with van der Waals surface area (Å²) in [7, 11) is 0. The van der Waals surface area contributed by atoms with Gasteiger partial charge in [0, 0.05) is 27.3 Å². The Bertz CT molecular complexity index is 784. The Labute approximate surface area is 172 Å².